The number of nitrogens with zero attached hydrogens (tertiary/aromatic N) is 5. The number of anilines is 1. The number of pyridine rings is 1. The van der Waals surface area contributed by atoms with Gasteiger partial charge >= 0.3 is 6.09 Å². The number of fused-ring (bicyclic) bond motifs is 4. The molecule has 0 fully saturated rings. The van der Waals surface area contributed by atoms with Gasteiger partial charge in [-0.3, -0.25) is 4.90 Å². The maximum Gasteiger partial charge on any atom is 0.417 e. The predicted molar refractivity (Wildman–Crippen MR) is 151 cm³/mol. The molecule has 1 amide bonds. The summed E-state index contributed by atoms with van der Waals surface area (Å²) in [6, 6.07) is 8.79. The third kappa shape index (κ3) is 4.89. The van der Waals surface area contributed by atoms with Crippen LogP contribution in [0, 0.1) is 6.92 Å². The zero-order valence-electron chi connectivity index (χ0n) is 22.6. The van der Waals surface area contributed by atoms with E-state index in [9.17, 15) is 9.90 Å². The maximum atomic E-state index is 12.8. The van der Waals surface area contributed by atoms with E-state index in [-0.39, 0.29) is 13.2 Å². The van der Waals surface area contributed by atoms with Crippen LogP contribution in [0.3, 0.4) is 0 Å². The Labute approximate surface area is 238 Å². The van der Waals surface area contributed by atoms with Crippen molar-refractivity contribution in [2.45, 2.75) is 19.8 Å². The summed E-state index contributed by atoms with van der Waals surface area (Å²) in [5.74, 6) is 1.78. The Balaban J connectivity index is 1.29. The Kier molecular flexibility index (Phi) is 6.89. The van der Waals surface area contributed by atoms with Crippen molar-refractivity contribution in [2.75, 3.05) is 32.8 Å². The van der Waals surface area contributed by atoms with Gasteiger partial charge in [-0.2, -0.15) is 0 Å². The van der Waals surface area contributed by atoms with Gasteiger partial charge in [0.15, 0.2) is 18.1 Å². The first kappa shape index (κ1) is 26.5. The highest BCUT2D eigenvalue weighted by molar-refractivity contribution is 7.22. The van der Waals surface area contributed by atoms with Crippen LogP contribution in [0.1, 0.15) is 11.1 Å². The van der Waals surface area contributed by atoms with E-state index in [0.717, 1.165) is 21.3 Å². The molecule has 1 unspecified atom stereocenters. The highest BCUT2D eigenvalue weighted by Crippen LogP contribution is 2.46. The predicted octanol–water partition coefficient (Wildman–Crippen LogP) is 4.49. The molecule has 41 heavy (non-hydrogen) atoms. The van der Waals surface area contributed by atoms with Gasteiger partial charge < -0.3 is 28.8 Å². The van der Waals surface area contributed by atoms with E-state index < -0.39 is 12.4 Å². The summed E-state index contributed by atoms with van der Waals surface area (Å²) in [7, 11) is 4.62. The van der Waals surface area contributed by atoms with Crippen LogP contribution in [0.2, 0.25) is 0 Å². The molecule has 0 saturated heterocycles. The second-order valence-corrected chi connectivity index (χ2v) is 10.2. The standard InChI is InChI=1S/C28H25N5O7S/c1-14-7-19-25(38-13-22(39-19)40-28(35)33(2)16-5-6-20(36-3)29-10-16)26-23(14)32-27(41-26)17-8-15(12-34)9-18-24(17)30-11-21(31-18)37-4/h5-11,22,34H,12-13H2,1-4H3. The van der Waals surface area contributed by atoms with Gasteiger partial charge in [-0.15, -0.1) is 11.3 Å². The second-order valence-electron chi connectivity index (χ2n) is 9.16. The van der Waals surface area contributed by atoms with Gasteiger partial charge in [0.05, 0.1) is 55.5 Å². The molecule has 0 bridgehead atoms. The molecule has 1 aliphatic heterocycles. The summed E-state index contributed by atoms with van der Waals surface area (Å²) in [4.78, 5) is 32.1. The van der Waals surface area contributed by atoms with Crippen LogP contribution < -0.4 is 23.8 Å². The number of carbonyl (C=O) groups is 1. The van der Waals surface area contributed by atoms with Crippen molar-refractivity contribution in [2.24, 2.45) is 0 Å². The minimum Gasteiger partial charge on any atom is -0.481 e. The van der Waals surface area contributed by atoms with Crippen LogP contribution in [0.5, 0.6) is 23.3 Å². The molecular weight excluding hydrogens is 550 g/mol. The minimum atomic E-state index is -0.955. The van der Waals surface area contributed by atoms with Gasteiger partial charge in [0, 0.05) is 18.7 Å². The third-order valence-corrected chi connectivity index (χ3v) is 7.62. The van der Waals surface area contributed by atoms with Gasteiger partial charge in [0.25, 0.3) is 6.29 Å². The second kappa shape index (κ2) is 10.7. The fourth-order valence-corrected chi connectivity index (χ4v) is 5.57. The third-order valence-electron chi connectivity index (χ3n) is 6.53. The van der Waals surface area contributed by atoms with E-state index in [0.29, 0.717) is 50.6 Å². The molecule has 6 rings (SSSR count). The number of ether oxygens (including phenoxy) is 5. The Hall–Kier alpha value is -4.75. The molecule has 13 heteroatoms. The molecule has 0 spiro atoms. The monoisotopic (exact) mass is 575 g/mol. The van der Waals surface area contributed by atoms with Gasteiger partial charge in [-0.05, 0) is 42.3 Å². The largest absolute Gasteiger partial charge is 0.481 e. The molecule has 0 saturated carbocycles. The highest BCUT2D eigenvalue weighted by Gasteiger charge is 2.30. The number of aliphatic hydroxyl groups excluding tert-OH is 1. The number of rotatable bonds is 6. The number of aliphatic hydroxyl groups is 1. The van der Waals surface area contributed by atoms with Crippen molar-refractivity contribution in [3.05, 3.63) is 53.9 Å². The number of thiazole rings is 1. The summed E-state index contributed by atoms with van der Waals surface area (Å²) in [5.41, 5.74) is 4.76. The lowest BCUT2D eigenvalue weighted by molar-refractivity contribution is -0.0718. The molecule has 2 aromatic carbocycles. The first-order valence-corrected chi connectivity index (χ1v) is 13.3. The van der Waals surface area contributed by atoms with Crippen LogP contribution >= 0.6 is 11.3 Å². The van der Waals surface area contributed by atoms with Crippen molar-refractivity contribution in [3.63, 3.8) is 0 Å². The topological polar surface area (TPSA) is 138 Å². The molecule has 1 aliphatic rings. The summed E-state index contributed by atoms with van der Waals surface area (Å²) in [6.45, 7) is 1.75. The van der Waals surface area contributed by atoms with Crippen molar-refractivity contribution < 1.29 is 33.6 Å². The zero-order chi connectivity index (χ0) is 28.7. The number of benzene rings is 2. The Bertz CT molecular complexity index is 1770. The molecule has 5 aromatic rings. The highest BCUT2D eigenvalue weighted by atomic mass is 32.1. The summed E-state index contributed by atoms with van der Waals surface area (Å²) in [6.07, 6.45) is 1.48. The van der Waals surface area contributed by atoms with E-state index in [1.807, 2.05) is 19.1 Å². The van der Waals surface area contributed by atoms with E-state index in [1.54, 1.807) is 31.4 Å². The van der Waals surface area contributed by atoms with Crippen LogP contribution in [-0.2, 0) is 11.3 Å². The lowest BCUT2D eigenvalue weighted by Crippen LogP contribution is -2.38. The van der Waals surface area contributed by atoms with Crippen LogP contribution in [0.25, 0.3) is 31.8 Å². The van der Waals surface area contributed by atoms with Crippen LogP contribution in [-0.4, -0.2) is 65.3 Å². The maximum absolute atomic E-state index is 12.8. The molecule has 1 atom stereocenters. The van der Waals surface area contributed by atoms with Crippen molar-refractivity contribution in [1.82, 2.24) is 19.9 Å². The van der Waals surface area contributed by atoms with Crippen molar-refractivity contribution >= 4 is 44.4 Å². The number of hydrogen-bond donors (Lipinski definition) is 1. The van der Waals surface area contributed by atoms with Gasteiger partial charge in [0.2, 0.25) is 11.8 Å². The number of methoxy groups -OCH3 is 2. The lowest BCUT2D eigenvalue weighted by Gasteiger charge is -2.28. The number of amides is 1. The van der Waals surface area contributed by atoms with Crippen molar-refractivity contribution in [1.29, 1.82) is 0 Å². The zero-order valence-corrected chi connectivity index (χ0v) is 23.4. The van der Waals surface area contributed by atoms with Gasteiger partial charge in [-0.1, -0.05) is 0 Å². The minimum absolute atomic E-state index is 0.00691. The first-order chi connectivity index (χ1) is 19.9. The molecular formula is C28H25N5O7S. The first-order valence-electron chi connectivity index (χ1n) is 12.5. The molecule has 4 heterocycles. The van der Waals surface area contributed by atoms with E-state index in [4.69, 9.17) is 28.7 Å². The average molecular weight is 576 g/mol. The van der Waals surface area contributed by atoms with Crippen LogP contribution in [0.15, 0.2) is 42.7 Å². The molecule has 12 nitrogen and oxygen atoms in total. The summed E-state index contributed by atoms with van der Waals surface area (Å²) >= 11 is 1.41. The van der Waals surface area contributed by atoms with Crippen molar-refractivity contribution in [3.8, 4) is 33.8 Å². The van der Waals surface area contributed by atoms with Crippen LogP contribution in [0.4, 0.5) is 10.5 Å². The van der Waals surface area contributed by atoms with E-state index >= 15 is 0 Å². The van der Waals surface area contributed by atoms with E-state index in [1.165, 1.54) is 36.7 Å². The number of aryl methyl sites for hydroxylation is 1. The Morgan fingerprint density at radius 3 is 2.66 bits per heavy atom. The smallest absolute Gasteiger partial charge is 0.417 e. The number of aromatic nitrogens is 4. The number of carbonyl (C=O) groups excluding carboxylic acids is 1. The molecule has 210 valence electrons. The molecule has 0 radical (unpaired) electrons. The molecule has 1 N–H and O–H groups in total. The van der Waals surface area contributed by atoms with E-state index in [2.05, 4.69) is 15.0 Å². The average Bonchev–Trinajstić information content (AvgIpc) is 3.46. The summed E-state index contributed by atoms with van der Waals surface area (Å²) < 4.78 is 28.7. The Morgan fingerprint density at radius 2 is 1.93 bits per heavy atom. The fourth-order valence-electron chi connectivity index (χ4n) is 4.42. The fraction of sp³-hybridized carbons (Fsp3) is 0.250. The van der Waals surface area contributed by atoms with Gasteiger partial charge in [0.1, 0.15) is 9.71 Å². The van der Waals surface area contributed by atoms with Gasteiger partial charge in [-0.25, -0.2) is 24.7 Å². The Morgan fingerprint density at radius 1 is 1.10 bits per heavy atom. The molecule has 0 aliphatic carbocycles. The number of hydrogen-bond acceptors (Lipinski definition) is 12. The quantitative estimate of drug-likeness (QED) is 0.306. The SMILES string of the molecule is COc1ccc(N(C)C(=O)OC2COc3c(cc(C)c4nc(-c5cc(CO)cc6nc(OC)cnc56)sc34)O2)cn1. The molecule has 3 aromatic heterocycles. The lowest BCUT2D eigenvalue weighted by atomic mass is 10.1. The normalized spacial score (nSPS) is 14.2. The summed E-state index contributed by atoms with van der Waals surface area (Å²) in [5, 5.41) is 10.5.